The van der Waals surface area contributed by atoms with Gasteiger partial charge < -0.3 is 5.32 Å². The number of rotatable bonds is 3. The van der Waals surface area contributed by atoms with Gasteiger partial charge in [-0.15, -0.1) is 11.3 Å². The number of hydrogen-bond acceptors (Lipinski definition) is 3. The number of aryl methyl sites for hydroxylation is 2. The Morgan fingerprint density at radius 3 is 2.93 bits per heavy atom. The molecule has 2 rings (SSSR count). The molecule has 2 aromatic rings. The lowest BCUT2D eigenvalue weighted by atomic mass is 10.4. The molecule has 0 aromatic carbocycles. The standard InChI is InChI=1S/C10H12BrN3S/c1-7-9(11)5-8(15-7)6-12-10-3-4-14(2)13-10/h3-5H,6H2,1-2H3,(H,12,13). The second-order valence-electron chi connectivity index (χ2n) is 3.35. The number of thiophene rings is 1. The van der Waals surface area contributed by atoms with Crippen molar-refractivity contribution >= 4 is 33.1 Å². The van der Waals surface area contributed by atoms with E-state index in [0.29, 0.717) is 0 Å². The zero-order valence-electron chi connectivity index (χ0n) is 8.62. The summed E-state index contributed by atoms with van der Waals surface area (Å²) in [6.07, 6.45) is 1.93. The van der Waals surface area contributed by atoms with E-state index in [2.05, 4.69) is 39.3 Å². The highest BCUT2D eigenvalue weighted by Gasteiger charge is 2.03. The minimum absolute atomic E-state index is 0.827. The van der Waals surface area contributed by atoms with Crippen molar-refractivity contribution in [1.29, 1.82) is 0 Å². The number of nitrogens with one attached hydrogen (secondary N) is 1. The van der Waals surface area contributed by atoms with Gasteiger partial charge in [-0.05, 0) is 28.9 Å². The van der Waals surface area contributed by atoms with Crippen LogP contribution in [0.2, 0.25) is 0 Å². The first-order valence-electron chi connectivity index (χ1n) is 4.63. The fraction of sp³-hybridized carbons (Fsp3) is 0.300. The molecule has 80 valence electrons. The van der Waals surface area contributed by atoms with E-state index in [1.54, 1.807) is 16.0 Å². The summed E-state index contributed by atoms with van der Waals surface area (Å²) < 4.78 is 2.98. The third kappa shape index (κ3) is 2.60. The zero-order chi connectivity index (χ0) is 10.8. The van der Waals surface area contributed by atoms with E-state index < -0.39 is 0 Å². The van der Waals surface area contributed by atoms with Gasteiger partial charge in [-0.1, -0.05) is 0 Å². The van der Waals surface area contributed by atoms with Crippen molar-refractivity contribution in [2.45, 2.75) is 13.5 Å². The van der Waals surface area contributed by atoms with Crippen molar-refractivity contribution < 1.29 is 0 Å². The molecule has 0 saturated carbocycles. The van der Waals surface area contributed by atoms with Gasteiger partial charge in [0.25, 0.3) is 0 Å². The maximum Gasteiger partial charge on any atom is 0.148 e. The number of aromatic nitrogens is 2. The van der Waals surface area contributed by atoms with E-state index >= 15 is 0 Å². The van der Waals surface area contributed by atoms with Crippen LogP contribution in [-0.4, -0.2) is 9.78 Å². The summed E-state index contributed by atoms with van der Waals surface area (Å²) in [6, 6.07) is 4.12. The third-order valence-electron chi connectivity index (χ3n) is 2.07. The Morgan fingerprint density at radius 1 is 1.60 bits per heavy atom. The van der Waals surface area contributed by atoms with Crippen LogP contribution in [0.4, 0.5) is 5.82 Å². The first-order chi connectivity index (χ1) is 7.15. The summed E-state index contributed by atoms with van der Waals surface area (Å²) in [6.45, 7) is 2.94. The molecule has 0 amide bonds. The van der Waals surface area contributed by atoms with E-state index in [1.165, 1.54) is 14.2 Å². The van der Waals surface area contributed by atoms with Gasteiger partial charge in [-0.2, -0.15) is 5.10 Å². The molecule has 0 unspecified atom stereocenters. The molecule has 0 radical (unpaired) electrons. The molecule has 0 bridgehead atoms. The van der Waals surface area contributed by atoms with E-state index in [9.17, 15) is 0 Å². The quantitative estimate of drug-likeness (QED) is 0.939. The lowest BCUT2D eigenvalue weighted by Crippen LogP contribution is -1.98. The van der Waals surface area contributed by atoms with Crippen molar-refractivity contribution in [3.8, 4) is 0 Å². The molecule has 0 saturated heterocycles. The van der Waals surface area contributed by atoms with Crippen molar-refractivity contribution in [3.63, 3.8) is 0 Å². The molecule has 0 spiro atoms. The van der Waals surface area contributed by atoms with Crippen molar-refractivity contribution in [2.24, 2.45) is 7.05 Å². The number of halogens is 1. The molecule has 0 atom stereocenters. The fourth-order valence-electron chi connectivity index (χ4n) is 1.29. The number of nitrogens with zero attached hydrogens (tertiary/aromatic N) is 2. The van der Waals surface area contributed by atoms with Crippen LogP contribution < -0.4 is 5.32 Å². The molecule has 3 nitrogen and oxygen atoms in total. The summed E-state index contributed by atoms with van der Waals surface area (Å²) in [4.78, 5) is 2.62. The number of anilines is 1. The Bertz CT molecular complexity index is 441. The predicted octanol–water partition coefficient (Wildman–Crippen LogP) is 3.16. The average molecular weight is 286 g/mol. The first-order valence-corrected chi connectivity index (χ1v) is 6.24. The van der Waals surface area contributed by atoms with Crippen molar-refractivity contribution in [1.82, 2.24) is 9.78 Å². The smallest absolute Gasteiger partial charge is 0.148 e. The number of hydrogen-bond donors (Lipinski definition) is 1. The largest absolute Gasteiger partial charge is 0.364 e. The van der Waals surface area contributed by atoms with E-state index in [0.717, 1.165) is 12.4 Å². The Hall–Kier alpha value is -0.810. The molecule has 0 aliphatic carbocycles. The average Bonchev–Trinajstić information content (AvgIpc) is 2.72. The summed E-state index contributed by atoms with van der Waals surface area (Å²) in [5.74, 6) is 0.916. The minimum atomic E-state index is 0.827. The van der Waals surface area contributed by atoms with Gasteiger partial charge in [0.15, 0.2) is 0 Å². The van der Waals surface area contributed by atoms with Crippen LogP contribution in [0.5, 0.6) is 0 Å². The molecule has 0 aliphatic heterocycles. The first kappa shape index (κ1) is 10.7. The fourth-order valence-corrected chi connectivity index (χ4v) is 2.83. The van der Waals surface area contributed by atoms with Gasteiger partial charge in [0, 0.05) is 33.5 Å². The third-order valence-corrected chi connectivity index (χ3v) is 4.20. The van der Waals surface area contributed by atoms with Crippen LogP contribution in [0.25, 0.3) is 0 Å². The maximum absolute atomic E-state index is 4.25. The van der Waals surface area contributed by atoms with Crippen LogP contribution in [-0.2, 0) is 13.6 Å². The van der Waals surface area contributed by atoms with Crippen LogP contribution >= 0.6 is 27.3 Å². The Labute approximate surface area is 101 Å². The van der Waals surface area contributed by atoms with Crippen molar-refractivity contribution in [3.05, 3.63) is 32.6 Å². The molecular weight excluding hydrogens is 274 g/mol. The summed E-state index contributed by atoms with van der Waals surface area (Å²) in [5.41, 5.74) is 0. The van der Waals surface area contributed by atoms with Crippen LogP contribution in [0, 0.1) is 6.92 Å². The molecule has 2 heterocycles. The van der Waals surface area contributed by atoms with Crippen LogP contribution in [0.3, 0.4) is 0 Å². The lowest BCUT2D eigenvalue weighted by Gasteiger charge is -1.99. The van der Waals surface area contributed by atoms with Gasteiger partial charge in [0.05, 0.1) is 6.54 Å². The highest BCUT2D eigenvalue weighted by Crippen LogP contribution is 2.26. The van der Waals surface area contributed by atoms with Gasteiger partial charge >= 0.3 is 0 Å². The molecule has 0 aliphatic rings. The van der Waals surface area contributed by atoms with Gasteiger partial charge in [0.1, 0.15) is 5.82 Å². The maximum atomic E-state index is 4.25. The van der Waals surface area contributed by atoms with E-state index in [4.69, 9.17) is 0 Å². The van der Waals surface area contributed by atoms with Crippen molar-refractivity contribution in [2.75, 3.05) is 5.32 Å². The molecular formula is C10H12BrN3S. The molecule has 2 aromatic heterocycles. The molecule has 1 N–H and O–H groups in total. The van der Waals surface area contributed by atoms with Crippen LogP contribution in [0.1, 0.15) is 9.75 Å². The minimum Gasteiger partial charge on any atom is -0.364 e. The Balaban J connectivity index is 1.99. The monoisotopic (exact) mass is 285 g/mol. The van der Waals surface area contributed by atoms with Gasteiger partial charge in [-0.25, -0.2) is 0 Å². The second-order valence-corrected chi connectivity index (χ2v) is 5.54. The van der Waals surface area contributed by atoms with E-state index in [-0.39, 0.29) is 0 Å². The SMILES string of the molecule is Cc1sc(CNc2ccn(C)n2)cc1Br. The summed E-state index contributed by atoms with van der Waals surface area (Å²) in [5, 5.41) is 7.53. The Morgan fingerprint density at radius 2 is 2.40 bits per heavy atom. The van der Waals surface area contributed by atoms with E-state index in [1.807, 2.05) is 19.3 Å². The molecule has 5 heteroatoms. The second kappa shape index (κ2) is 4.37. The highest BCUT2D eigenvalue weighted by molar-refractivity contribution is 9.10. The molecule has 15 heavy (non-hydrogen) atoms. The molecule has 0 fully saturated rings. The Kier molecular flexibility index (Phi) is 3.11. The normalized spacial score (nSPS) is 10.6. The van der Waals surface area contributed by atoms with Crippen LogP contribution in [0.15, 0.2) is 22.8 Å². The summed E-state index contributed by atoms with van der Waals surface area (Å²) >= 11 is 5.31. The van der Waals surface area contributed by atoms with Gasteiger partial charge in [-0.3, -0.25) is 4.68 Å². The lowest BCUT2D eigenvalue weighted by molar-refractivity contribution is 0.768. The zero-order valence-corrected chi connectivity index (χ0v) is 11.0. The van der Waals surface area contributed by atoms with Gasteiger partial charge in [0.2, 0.25) is 0 Å². The topological polar surface area (TPSA) is 29.9 Å². The summed E-state index contributed by atoms with van der Waals surface area (Å²) in [7, 11) is 1.91. The highest BCUT2D eigenvalue weighted by atomic mass is 79.9. The predicted molar refractivity (Wildman–Crippen MR) is 67.3 cm³/mol.